The summed E-state index contributed by atoms with van der Waals surface area (Å²) in [6.07, 6.45) is 1.36. The maximum atomic E-state index is 13.8. The monoisotopic (exact) mass is 764 g/mol. The minimum absolute atomic E-state index is 0.0290. The Labute approximate surface area is 293 Å². The molecule has 47 heavy (non-hydrogen) atoms. The van der Waals surface area contributed by atoms with E-state index in [1.54, 1.807) is 12.7 Å². The Morgan fingerprint density at radius 2 is 1.28 bits per heavy atom. The van der Waals surface area contributed by atoms with Crippen LogP contribution in [-0.2, 0) is 18.0 Å². The molecule has 1 fully saturated rings. The molecule has 0 amide bonds. The topological polar surface area (TPSA) is 89.6 Å². The summed E-state index contributed by atoms with van der Waals surface area (Å²) in [5, 5.41) is -0.0433. The predicted molar refractivity (Wildman–Crippen MR) is 202 cm³/mol. The number of hydrogen-bond donors (Lipinski definition) is 0. The molecule has 4 atom stereocenters. The highest BCUT2D eigenvalue weighted by Crippen LogP contribution is 2.46. The number of imidazole rings is 1. The van der Waals surface area contributed by atoms with Crippen LogP contribution in [0.3, 0.4) is 0 Å². The van der Waals surface area contributed by atoms with E-state index in [2.05, 4.69) is 123 Å². The Hall–Kier alpha value is -1.46. The highest BCUT2D eigenvalue weighted by atomic mass is 79.9. The van der Waals surface area contributed by atoms with Crippen molar-refractivity contribution in [1.29, 1.82) is 0 Å². The van der Waals surface area contributed by atoms with Crippen molar-refractivity contribution in [2.24, 2.45) is 0 Å². The second kappa shape index (κ2) is 13.0. The molecule has 3 aromatic rings. The van der Waals surface area contributed by atoms with Crippen LogP contribution in [0.15, 0.2) is 46.2 Å². The Morgan fingerprint density at radius 3 is 1.79 bits per heavy atom. The third-order valence-corrected chi connectivity index (χ3v) is 25.0. The van der Waals surface area contributed by atoms with Crippen molar-refractivity contribution in [1.82, 2.24) is 19.1 Å². The van der Waals surface area contributed by atoms with Gasteiger partial charge in [-0.1, -0.05) is 78.2 Å². The standard InChI is InChI=1S/C34H57BrN4O5Si3/c1-32(2,3)45(10,11)41-20-25-27(43-46(12,13)33(4,5)6)28(44-47(14,15)34(7,8)9)31(42-25)39-21-36-26-29(39)37-22-38(30(26)40)24-18-16-23(35)17-19-24/h16-19,21-22,25,27-28,31H,20H2,1-15H3/t25-,27-,28-,31-/m1/s1. The van der Waals surface area contributed by atoms with Crippen LogP contribution in [0.5, 0.6) is 0 Å². The number of hydrogen-bond acceptors (Lipinski definition) is 7. The molecule has 0 unspecified atom stereocenters. The van der Waals surface area contributed by atoms with Crippen molar-refractivity contribution in [3.63, 3.8) is 0 Å². The summed E-state index contributed by atoms with van der Waals surface area (Å²) in [6, 6.07) is 7.53. The van der Waals surface area contributed by atoms with Crippen LogP contribution in [-0.4, -0.2) is 69.0 Å². The summed E-state index contributed by atoms with van der Waals surface area (Å²) in [5.74, 6) is 0. The van der Waals surface area contributed by atoms with Gasteiger partial charge in [0.05, 0.1) is 18.6 Å². The average molecular weight is 766 g/mol. The van der Waals surface area contributed by atoms with Gasteiger partial charge in [-0.3, -0.25) is 13.9 Å². The highest BCUT2D eigenvalue weighted by molar-refractivity contribution is 9.10. The summed E-state index contributed by atoms with van der Waals surface area (Å²) < 4.78 is 32.7. The SMILES string of the molecule is CC(C)(C)[Si](C)(C)OC[C@H]1O[C@@H](n2cnc3c(=O)n(-c4ccc(Br)cc4)cnc32)[C@H](O[Si](C)(C)C(C)(C)C)[C@@H]1O[Si](C)(C)C(C)(C)C. The minimum atomic E-state index is -2.34. The number of ether oxygens (including phenoxy) is 1. The zero-order valence-corrected chi connectivity index (χ0v) is 35.8. The van der Waals surface area contributed by atoms with Gasteiger partial charge in [0.2, 0.25) is 0 Å². The van der Waals surface area contributed by atoms with E-state index in [1.165, 1.54) is 4.57 Å². The molecule has 9 nitrogen and oxygen atoms in total. The fourth-order valence-corrected chi connectivity index (χ4v) is 8.64. The quantitative estimate of drug-likeness (QED) is 0.201. The van der Waals surface area contributed by atoms with Crippen molar-refractivity contribution in [3.8, 4) is 5.69 Å². The number of halogens is 1. The van der Waals surface area contributed by atoms with Gasteiger partial charge >= 0.3 is 0 Å². The third kappa shape index (κ3) is 7.82. The summed E-state index contributed by atoms with van der Waals surface area (Å²) in [5.41, 5.74) is 1.19. The average Bonchev–Trinajstić information content (AvgIpc) is 3.48. The normalized spacial score (nSPS) is 22.0. The summed E-state index contributed by atoms with van der Waals surface area (Å²) in [4.78, 5) is 23.1. The van der Waals surface area contributed by atoms with Crippen LogP contribution in [0.1, 0.15) is 68.5 Å². The molecule has 0 bridgehead atoms. The number of aromatic nitrogens is 4. The van der Waals surface area contributed by atoms with E-state index in [4.69, 9.17) is 23.0 Å². The van der Waals surface area contributed by atoms with Gasteiger partial charge in [0, 0.05) is 4.47 Å². The van der Waals surface area contributed by atoms with Crippen LogP contribution in [0.2, 0.25) is 54.4 Å². The first-order chi connectivity index (χ1) is 21.3. The van der Waals surface area contributed by atoms with Gasteiger partial charge < -0.3 is 18.0 Å². The zero-order chi connectivity index (χ0) is 35.5. The lowest BCUT2D eigenvalue weighted by Gasteiger charge is -2.44. The molecule has 13 heteroatoms. The second-order valence-corrected chi connectivity index (χ2v) is 32.8. The molecule has 1 aromatic carbocycles. The molecular weight excluding hydrogens is 709 g/mol. The Bertz CT molecular complexity index is 1620. The fourth-order valence-electron chi connectivity index (χ4n) is 4.76. The van der Waals surface area contributed by atoms with Crippen LogP contribution in [0, 0.1) is 0 Å². The lowest BCUT2D eigenvalue weighted by atomic mass is 10.1. The lowest BCUT2D eigenvalue weighted by Crippen LogP contribution is -2.54. The first-order valence-corrected chi connectivity index (χ1v) is 26.1. The molecule has 0 N–H and O–H groups in total. The summed E-state index contributed by atoms with van der Waals surface area (Å²) in [7, 11) is -6.75. The molecule has 4 rings (SSSR count). The van der Waals surface area contributed by atoms with Crippen LogP contribution in [0.4, 0.5) is 0 Å². The number of rotatable bonds is 9. The van der Waals surface area contributed by atoms with E-state index >= 15 is 0 Å². The molecule has 0 spiro atoms. The van der Waals surface area contributed by atoms with Crippen LogP contribution < -0.4 is 5.56 Å². The number of fused-ring (bicyclic) bond motifs is 1. The van der Waals surface area contributed by atoms with E-state index in [0.717, 1.165) is 4.47 Å². The molecule has 0 saturated carbocycles. The lowest BCUT2D eigenvalue weighted by molar-refractivity contribution is -0.0470. The van der Waals surface area contributed by atoms with E-state index in [1.807, 2.05) is 28.8 Å². The molecule has 3 heterocycles. The van der Waals surface area contributed by atoms with Gasteiger partial charge in [0.15, 0.2) is 42.3 Å². The Kier molecular flexibility index (Phi) is 10.6. The van der Waals surface area contributed by atoms with Gasteiger partial charge in [-0.25, -0.2) is 9.97 Å². The smallest absolute Gasteiger partial charge is 0.286 e. The highest BCUT2D eigenvalue weighted by Gasteiger charge is 2.55. The molecule has 262 valence electrons. The van der Waals surface area contributed by atoms with Gasteiger partial charge in [-0.2, -0.15) is 0 Å². The molecule has 1 aliphatic rings. The molecule has 1 aliphatic heterocycles. The number of benzene rings is 1. The number of nitrogens with zero attached hydrogens (tertiary/aromatic N) is 4. The maximum Gasteiger partial charge on any atom is 0.286 e. The molecule has 0 aliphatic carbocycles. The van der Waals surface area contributed by atoms with Gasteiger partial charge in [-0.15, -0.1) is 0 Å². The largest absolute Gasteiger partial charge is 0.414 e. The molecule has 0 radical (unpaired) electrons. The van der Waals surface area contributed by atoms with Gasteiger partial charge in [0.1, 0.15) is 24.6 Å². The van der Waals surface area contributed by atoms with Gasteiger partial charge in [-0.05, 0) is 78.7 Å². The van der Waals surface area contributed by atoms with Crippen LogP contribution >= 0.6 is 15.9 Å². The van der Waals surface area contributed by atoms with E-state index in [9.17, 15) is 4.79 Å². The van der Waals surface area contributed by atoms with Crippen molar-refractivity contribution in [3.05, 3.63) is 51.7 Å². The van der Waals surface area contributed by atoms with Crippen LogP contribution in [0.25, 0.3) is 16.9 Å². The summed E-state index contributed by atoms with van der Waals surface area (Å²) in [6.45, 7) is 34.2. The Morgan fingerprint density at radius 1 is 0.766 bits per heavy atom. The van der Waals surface area contributed by atoms with Crippen molar-refractivity contribution in [2.75, 3.05) is 6.61 Å². The van der Waals surface area contributed by atoms with Crippen molar-refractivity contribution < 1.29 is 18.0 Å². The maximum absolute atomic E-state index is 13.8. The van der Waals surface area contributed by atoms with E-state index in [0.29, 0.717) is 17.9 Å². The van der Waals surface area contributed by atoms with E-state index < -0.39 is 43.4 Å². The zero-order valence-electron chi connectivity index (χ0n) is 31.2. The van der Waals surface area contributed by atoms with Gasteiger partial charge in [0.25, 0.3) is 5.56 Å². The van der Waals surface area contributed by atoms with E-state index in [-0.39, 0.29) is 32.3 Å². The first-order valence-electron chi connectivity index (χ1n) is 16.6. The minimum Gasteiger partial charge on any atom is -0.414 e. The fraction of sp³-hybridized carbons (Fsp3) is 0.676. The second-order valence-electron chi connectivity index (χ2n) is 17.5. The molecule has 1 saturated heterocycles. The molecule has 2 aromatic heterocycles. The first kappa shape index (κ1) is 38.3. The summed E-state index contributed by atoms with van der Waals surface area (Å²) >= 11 is 3.47. The predicted octanol–water partition coefficient (Wildman–Crippen LogP) is 9.04. The third-order valence-electron chi connectivity index (χ3n) is 11.0. The van der Waals surface area contributed by atoms with Crippen molar-refractivity contribution in [2.45, 2.75) is 141 Å². The molecular formula is C34H57BrN4O5Si3. The Balaban J connectivity index is 1.85. The van der Waals surface area contributed by atoms with Crippen molar-refractivity contribution >= 4 is 52.0 Å².